The Labute approximate surface area is 91.6 Å². The number of aliphatic hydroxyl groups excluding tert-OH is 1. The molecule has 3 unspecified atom stereocenters. The molecule has 2 fully saturated rings. The average Bonchev–Trinajstić information content (AvgIpc) is 2.63. The molecule has 0 radical (unpaired) electrons. The fourth-order valence-electron chi connectivity index (χ4n) is 2.43. The van der Waals surface area contributed by atoms with E-state index in [1.165, 1.54) is 25.8 Å². The molecule has 0 amide bonds. The molecule has 0 aliphatic carbocycles. The van der Waals surface area contributed by atoms with E-state index in [2.05, 4.69) is 17.3 Å². The van der Waals surface area contributed by atoms with Gasteiger partial charge in [-0.3, -0.25) is 0 Å². The summed E-state index contributed by atoms with van der Waals surface area (Å²) in [7, 11) is 2.19. The first-order valence-electron chi connectivity index (χ1n) is 5.97. The fourth-order valence-corrected chi connectivity index (χ4v) is 2.43. The van der Waals surface area contributed by atoms with E-state index in [-0.39, 0.29) is 12.1 Å². The second kappa shape index (κ2) is 5.25. The summed E-state index contributed by atoms with van der Waals surface area (Å²) >= 11 is 0. The van der Waals surface area contributed by atoms with Crippen molar-refractivity contribution >= 4 is 0 Å². The molecule has 2 aliphatic heterocycles. The monoisotopic (exact) mass is 214 g/mol. The summed E-state index contributed by atoms with van der Waals surface area (Å²) in [4.78, 5) is 2.42. The molecule has 15 heavy (non-hydrogen) atoms. The molecule has 2 N–H and O–H groups in total. The largest absolute Gasteiger partial charge is 0.389 e. The minimum Gasteiger partial charge on any atom is -0.389 e. The van der Waals surface area contributed by atoms with Crippen LogP contribution < -0.4 is 5.32 Å². The Morgan fingerprint density at radius 2 is 2.27 bits per heavy atom. The first kappa shape index (κ1) is 11.3. The van der Waals surface area contributed by atoms with E-state index in [4.69, 9.17) is 4.74 Å². The van der Waals surface area contributed by atoms with Gasteiger partial charge in [-0.15, -0.1) is 0 Å². The zero-order chi connectivity index (χ0) is 10.7. The minimum atomic E-state index is -0.320. The molecule has 0 spiro atoms. The number of piperidine rings is 1. The summed E-state index contributed by atoms with van der Waals surface area (Å²) in [5, 5.41) is 13.0. The fraction of sp³-hybridized carbons (Fsp3) is 1.00. The van der Waals surface area contributed by atoms with Gasteiger partial charge in [0.2, 0.25) is 0 Å². The molecule has 0 aromatic rings. The third kappa shape index (κ3) is 2.91. The van der Waals surface area contributed by atoms with Gasteiger partial charge in [0.05, 0.1) is 25.4 Å². The molecule has 0 aromatic carbocycles. The SMILES string of the molecule is CN1CCCCC1CNC1COCC1O. The van der Waals surface area contributed by atoms with Crippen molar-refractivity contribution in [3.05, 3.63) is 0 Å². The first-order chi connectivity index (χ1) is 7.27. The Hall–Kier alpha value is -0.160. The van der Waals surface area contributed by atoms with Crippen LogP contribution in [0.2, 0.25) is 0 Å². The van der Waals surface area contributed by atoms with Gasteiger partial charge in [-0.25, -0.2) is 0 Å². The van der Waals surface area contributed by atoms with E-state index in [1.54, 1.807) is 0 Å². The molecule has 0 aromatic heterocycles. The van der Waals surface area contributed by atoms with Crippen molar-refractivity contribution in [2.45, 2.75) is 37.5 Å². The van der Waals surface area contributed by atoms with Gasteiger partial charge in [0, 0.05) is 12.6 Å². The summed E-state index contributed by atoms with van der Waals surface area (Å²) in [5.74, 6) is 0. The van der Waals surface area contributed by atoms with Gasteiger partial charge in [-0.1, -0.05) is 6.42 Å². The van der Waals surface area contributed by atoms with Gasteiger partial charge in [-0.05, 0) is 26.4 Å². The normalized spacial score (nSPS) is 38.4. The van der Waals surface area contributed by atoms with Crippen LogP contribution in [0.3, 0.4) is 0 Å². The van der Waals surface area contributed by atoms with Gasteiger partial charge >= 0.3 is 0 Å². The second-order valence-corrected chi connectivity index (χ2v) is 4.75. The summed E-state index contributed by atoms with van der Waals surface area (Å²) in [5.41, 5.74) is 0. The number of nitrogens with one attached hydrogen (secondary N) is 1. The smallest absolute Gasteiger partial charge is 0.0948 e. The van der Waals surface area contributed by atoms with Crippen molar-refractivity contribution in [3.63, 3.8) is 0 Å². The van der Waals surface area contributed by atoms with Crippen LogP contribution in [0.5, 0.6) is 0 Å². The molecule has 2 heterocycles. The van der Waals surface area contributed by atoms with E-state index in [9.17, 15) is 5.11 Å². The van der Waals surface area contributed by atoms with Crippen molar-refractivity contribution in [2.24, 2.45) is 0 Å². The summed E-state index contributed by atoms with van der Waals surface area (Å²) < 4.78 is 5.21. The standard InChI is InChI=1S/C11H22N2O2/c1-13-5-3-2-4-9(13)6-12-10-7-15-8-11(10)14/h9-12,14H,2-8H2,1H3. The van der Waals surface area contributed by atoms with Crippen molar-refractivity contribution < 1.29 is 9.84 Å². The lowest BCUT2D eigenvalue weighted by atomic mass is 10.0. The van der Waals surface area contributed by atoms with E-state index < -0.39 is 0 Å². The number of ether oxygens (including phenoxy) is 1. The molecule has 0 saturated carbocycles. The van der Waals surface area contributed by atoms with Crippen LogP contribution in [0.15, 0.2) is 0 Å². The Bertz CT molecular complexity index is 201. The van der Waals surface area contributed by atoms with Crippen LogP contribution in [-0.2, 0) is 4.74 Å². The van der Waals surface area contributed by atoms with Crippen LogP contribution in [0, 0.1) is 0 Å². The van der Waals surface area contributed by atoms with Gasteiger partial charge in [0.1, 0.15) is 0 Å². The highest BCUT2D eigenvalue weighted by Gasteiger charge is 2.27. The molecule has 2 saturated heterocycles. The number of likely N-dealkylation sites (N-methyl/N-ethyl adjacent to an activating group) is 1. The second-order valence-electron chi connectivity index (χ2n) is 4.75. The highest BCUT2D eigenvalue weighted by atomic mass is 16.5. The maximum absolute atomic E-state index is 9.58. The average molecular weight is 214 g/mol. The molecule has 2 aliphatic rings. The maximum Gasteiger partial charge on any atom is 0.0948 e. The molecule has 0 bridgehead atoms. The number of rotatable bonds is 3. The van der Waals surface area contributed by atoms with E-state index in [1.807, 2.05) is 0 Å². The molecule has 88 valence electrons. The molecular formula is C11H22N2O2. The van der Waals surface area contributed by atoms with Crippen LogP contribution in [0.4, 0.5) is 0 Å². The maximum atomic E-state index is 9.58. The summed E-state index contributed by atoms with van der Waals surface area (Å²) in [6.45, 7) is 3.31. The van der Waals surface area contributed by atoms with Gasteiger partial charge < -0.3 is 20.1 Å². The van der Waals surface area contributed by atoms with Crippen molar-refractivity contribution in [1.29, 1.82) is 0 Å². The highest BCUT2D eigenvalue weighted by Crippen LogP contribution is 2.14. The van der Waals surface area contributed by atoms with E-state index >= 15 is 0 Å². The number of hydrogen-bond donors (Lipinski definition) is 2. The molecule has 4 nitrogen and oxygen atoms in total. The van der Waals surface area contributed by atoms with Crippen LogP contribution in [0.25, 0.3) is 0 Å². The predicted octanol–water partition coefficient (Wildman–Crippen LogP) is -0.180. The minimum absolute atomic E-state index is 0.139. The first-order valence-corrected chi connectivity index (χ1v) is 5.97. The van der Waals surface area contributed by atoms with Crippen molar-refractivity contribution in [2.75, 3.05) is 33.4 Å². The Morgan fingerprint density at radius 3 is 2.93 bits per heavy atom. The third-order valence-corrected chi connectivity index (χ3v) is 3.59. The number of nitrogens with zero attached hydrogens (tertiary/aromatic N) is 1. The predicted molar refractivity (Wildman–Crippen MR) is 58.9 cm³/mol. The lowest BCUT2D eigenvalue weighted by Gasteiger charge is -2.33. The van der Waals surface area contributed by atoms with Crippen LogP contribution >= 0.6 is 0 Å². The summed E-state index contributed by atoms with van der Waals surface area (Å²) in [6, 6.07) is 0.770. The Kier molecular flexibility index (Phi) is 3.97. The highest BCUT2D eigenvalue weighted by molar-refractivity contribution is 4.84. The van der Waals surface area contributed by atoms with Gasteiger partial charge in [0.25, 0.3) is 0 Å². The quantitative estimate of drug-likeness (QED) is 0.684. The summed E-state index contributed by atoms with van der Waals surface area (Å²) in [6.07, 6.45) is 3.61. The van der Waals surface area contributed by atoms with Crippen LogP contribution in [0.1, 0.15) is 19.3 Å². The lowest BCUT2D eigenvalue weighted by Crippen LogP contribution is -2.48. The number of hydrogen-bond acceptors (Lipinski definition) is 4. The van der Waals surface area contributed by atoms with Crippen LogP contribution in [-0.4, -0.2) is 61.5 Å². The topological polar surface area (TPSA) is 44.7 Å². The molecular weight excluding hydrogens is 192 g/mol. The van der Waals surface area contributed by atoms with E-state index in [0.717, 1.165) is 6.54 Å². The van der Waals surface area contributed by atoms with Gasteiger partial charge in [-0.2, -0.15) is 0 Å². The number of aliphatic hydroxyl groups is 1. The molecule has 4 heteroatoms. The zero-order valence-corrected chi connectivity index (χ0v) is 9.48. The number of likely N-dealkylation sites (tertiary alicyclic amines) is 1. The third-order valence-electron chi connectivity index (χ3n) is 3.59. The van der Waals surface area contributed by atoms with Gasteiger partial charge in [0.15, 0.2) is 0 Å². The van der Waals surface area contributed by atoms with Crippen molar-refractivity contribution in [3.8, 4) is 0 Å². The molecule has 2 rings (SSSR count). The Morgan fingerprint density at radius 1 is 1.40 bits per heavy atom. The lowest BCUT2D eigenvalue weighted by molar-refractivity contribution is 0.119. The molecule has 3 atom stereocenters. The van der Waals surface area contributed by atoms with E-state index in [0.29, 0.717) is 19.3 Å². The van der Waals surface area contributed by atoms with Crippen molar-refractivity contribution in [1.82, 2.24) is 10.2 Å². The Balaban J connectivity index is 1.72. The zero-order valence-electron chi connectivity index (χ0n) is 9.48.